The molecule has 7 nitrogen and oxygen atoms in total. The van der Waals surface area contributed by atoms with Gasteiger partial charge in [-0.15, -0.1) is 0 Å². The number of carbonyl (C=O) groups excluding carboxylic acids is 2. The molecule has 0 aromatic heterocycles. The van der Waals surface area contributed by atoms with Crippen molar-refractivity contribution in [2.75, 3.05) is 18.7 Å². The predicted molar refractivity (Wildman–Crippen MR) is 118 cm³/mol. The van der Waals surface area contributed by atoms with Crippen LogP contribution in [0.25, 0.3) is 0 Å². The molecule has 1 amide bonds. The fourth-order valence-electron chi connectivity index (χ4n) is 4.03. The summed E-state index contributed by atoms with van der Waals surface area (Å²) >= 11 is 0. The zero-order chi connectivity index (χ0) is 22.1. The van der Waals surface area contributed by atoms with Crippen molar-refractivity contribution in [3.05, 3.63) is 89.0 Å². The van der Waals surface area contributed by atoms with Gasteiger partial charge in [0.1, 0.15) is 6.17 Å². The van der Waals surface area contributed by atoms with E-state index in [9.17, 15) is 9.59 Å². The van der Waals surface area contributed by atoms with Gasteiger partial charge in [-0.1, -0.05) is 30.3 Å². The molecular weight excluding hydrogens is 408 g/mol. The molecule has 0 radical (unpaired) electrons. The van der Waals surface area contributed by atoms with E-state index in [2.05, 4.69) is 5.32 Å². The molecule has 1 atom stereocenters. The van der Waals surface area contributed by atoms with Crippen LogP contribution >= 0.6 is 0 Å². The van der Waals surface area contributed by atoms with E-state index in [0.29, 0.717) is 35.8 Å². The van der Waals surface area contributed by atoms with Gasteiger partial charge in [0.05, 0.1) is 12.2 Å². The summed E-state index contributed by atoms with van der Waals surface area (Å²) in [5.41, 5.74) is 3.66. The first-order valence-corrected chi connectivity index (χ1v) is 10.5. The molecule has 0 fully saturated rings. The van der Waals surface area contributed by atoms with Crippen LogP contribution in [-0.4, -0.2) is 30.2 Å². The number of esters is 1. The molecule has 32 heavy (non-hydrogen) atoms. The van der Waals surface area contributed by atoms with Crippen LogP contribution < -0.4 is 14.8 Å². The zero-order valence-corrected chi connectivity index (χ0v) is 17.5. The zero-order valence-electron chi connectivity index (χ0n) is 17.5. The lowest BCUT2D eigenvalue weighted by atomic mass is 10.1. The van der Waals surface area contributed by atoms with Gasteiger partial charge in [-0.05, 0) is 48.9 Å². The fraction of sp³-hybridized carbons (Fsp3) is 0.200. The molecular formula is C25H22N2O5. The molecule has 0 saturated heterocycles. The van der Waals surface area contributed by atoms with Gasteiger partial charge in [-0.25, -0.2) is 4.79 Å². The Labute approximate surface area is 185 Å². The third kappa shape index (κ3) is 3.62. The Morgan fingerprint density at radius 2 is 1.91 bits per heavy atom. The number of rotatable bonds is 6. The van der Waals surface area contributed by atoms with Crippen LogP contribution in [0.2, 0.25) is 0 Å². The largest absolute Gasteiger partial charge is 0.462 e. The number of nitrogens with zero attached hydrogens (tertiary/aromatic N) is 1. The Hall–Kier alpha value is -4.00. The first-order valence-electron chi connectivity index (χ1n) is 10.5. The van der Waals surface area contributed by atoms with Gasteiger partial charge in [0.25, 0.3) is 5.91 Å². The second-order valence-corrected chi connectivity index (χ2v) is 7.56. The summed E-state index contributed by atoms with van der Waals surface area (Å²) in [4.78, 5) is 27.2. The maximum absolute atomic E-state index is 13.3. The highest BCUT2D eigenvalue weighted by Crippen LogP contribution is 2.38. The van der Waals surface area contributed by atoms with Crippen LogP contribution in [0.4, 0.5) is 5.69 Å². The van der Waals surface area contributed by atoms with Crippen LogP contribution in [0.3, 0.4) is 0 Å². The van der Waals surface area contributed by atoms with E-state index in [1.807, 2.05) is 48.5 Å². The van der Waals surface area contributed by atoms with Gasteiger partial charge in [-0.2, -0.15) is 0 Å². The molecule has 0 bridgehead atoms. The van der Waals surface area contributed by atoms with Crippen molar-refractivity contribution in [2.24, 2.45) is 0 Å². The SMILES string of the molecule is CCOC(=O)c1cccc(N[C@H]2c3ccccc3C(=O)N2Cc2ccc3c(c2)OCO3)c1. The lowest BCUT2D eigenvalue weighted by Crippen LogP contribution is -2.31. The van der Waals surface area contributed by atoms with Crippen LogP contribution in [0.5, 0.6) is 11.5 Å². The molecule has 2 heterocycles. The maximum Gasteiger partial charge on any atom is 0.338 e. The van der Waals surface area contributed by atoms with Crippen LogP contribution in [0, 0.1) is 0 Å². The van der Waals surface area contributed by atoms with Gasteiger partial charge in [-0.3, -0.25) is 4.79 Å². The Bertz CT molecular complexity index is 1190. The first-order chi connectivity index (χ1) is 15.6. The number of ether oxygens (including phenoxy) is 3. The first kappa shape index (κ1) is 19.9. The summed E-state index contributed by atoms with van der Waals surface area (Å²) < 4.78 is 16.0. The number of hydrogen-bond donors (Lipinski definition) is 1. The van der Waals surface area contributed by atoms with Gasteiger partial charge < -0.3 is 24.4 Å². The molecule has 3 aromatic rings. The Morgan fingerprint density at radius 1 is 1.06 bits per heavy atom. The number of amides is 1. The molecule has 162 valence electrons. The minimum absolute atomic E-state index is 0.0580. The molecule has 0 spiro atoms. The second kappa shape index (κ2) is 8.26. The lowest BCUT2D eigenvalue weighted by Gasteiger charge is -2.27. The van der Waals surface area contributed by atoms with Crippen LogP contribution in [-0.2, 0) is 11.3 Å². The molecule has 0 saturated carbocycles. The second-order valence-electron chi connectivity index (χ2n) is 7.56. The minimum Gasteiger partial charge on any atom is -0.462 e. The highest BCUT2D eigenvalue weighted by Gasteiger charge is 2.36. The van der Waals surface area contributed by atoms with E-state index in [1.54, 1.807) is 30.0 Å². The number of fused-ring (bicyclic) bond motifs is 2. The van der Waals surface area contributed by atoms with Crippen molar-refractivity contribution in [3.63, 3.8) is 0 Å². The average molecular weight is 430 g/mol. The summed E-state index contributed by atoms with van der Waals surface area (Å²) in [6, 6.07) is 20.4. The standard InChI is InChI=1S/C25H22N2O5/c1-2-30-25(29)17-6-5-7-18(13-17)26-23-19-8-3-4-9-20(19)24(28)27(23)14-16-10-11-21-22(12-16)32-15-31-21/h3-13,23,26H,2,14-15H2,1H3/t23-/m1/s1. The topological polar surface area (TPSA) is 77.1 Å². The normalized spacial score (nSPS) is 16.1. The van der Waals surface area contributed by atoms with Crippen molar-refractivity contribution in [1.29, 1.82) is 0 Å². The maximum atomic E-state index is 13.3. The Morgan fingerprint density at radius 3 is 2.78 bits per heavy atom. The Kier molecular flexibility index (Phi) is 5.15. The highest BCUT2D eigenvalue weighted by molar-refractivity contribution is 5.99. The molecule has 2 aliphatic rings. The quantitative estimate of drug-likeness (QED) is 0.586. The number of nitrogens with one attached hydrogen (secondary N) is 1. The van der Waals surface area contributed by atoms with Gasteiger partial charge >= 0.3 is 5.97 Å². The smallest absolute Gasteiger partial charge is 0.338 e. The monoisotopic (exact) mass is 430 g/mol. The van der Waals surface area contributed by atoms with Crippen molar-refractivity contribution in [3.8, 4) is 11.5 Å². The molecule has 1 N–H and O–H groups in total. The summed E-state index contributed by atoms with van der Waals surface area (Å²) in [6.07, 6.45) is -0.387. The minimum atomic E-state index is -0.387. The van der Waals surface area contributed by atoms with E-state index >= 15 is 0 Å². The summed E-state index contributed by atoms with van der Waals surface area (Å²) in [5.74, 6) is 0.946. The van der Waals surface area contributed by atoms with Gasteiger partial charge in [0, 0.05) is 23.4 Å². The molecule has 0 aliphatic carbocycles. The number of hydrogen-bond acceptors (Lipinski definition) is 6. The summed E-state index contributed by atoms with van der Waals surface area (Å²) in [6.45, 7) is 2.67. The van der Waals surface area contributed by atoms with E-state index in [-0.39, 0.29) is 24.8 Å². The number of anilines is 1. The van der Waals surface area contributed by atoms with Crippen molar-refractivity contribution in [1.82, 2.24) is 4.90 Å². The van der Waals surface area contributed by atoms with Gasteiger partial charge in [0.2, 0.25) is 6.79 Å². The average Bonchev–Trinajstić information content (AvgIpc) is 3.38. The summed E-state index contributed by atoms with van der Waals surface area (Å²) in [5, 5.41) is 3.43. The van der Waals surface area contributed by atoms with Crippen LogP contribution in [0.15, 0.2) is 66.7 Å². The Balaban J connectivity index is 1.45. The van der Waals surface area contributed by atoms with Crippen molar-refractivity contribution in [2.45, 2.75) is 19.6 Å². The third-order valence-corrected chi connectivity index (χ3v) is 5.53. The molecule has 5 rings (SSSR count). The summed E-state index contributed by atoms with van der Waals surface area (Å²) in [7, 11) is 0. The molecule has 3 aromatic carbocycles. The lowest BCUT2D eigenvalue weighted by molar-refractivity contribution is 0.0526. The fourth-order valence-corrected chi connectivity index (χ4v) is 4.03. The van der Waals surface area contributed by atoms with Crippen molar-refractivity contribution >= 4 is 17.6 Å². The molecule has 7 heteroatoms. The predicted octanol–water partition coefficient (Wildman–Crippen LogP) is 4.36. The number of carbonyl (C=O) groups is 2. The third-order valence-electron chi connectivity index (χ3n) is 5.53. The van der Waals surface area contributed by atoms with Crippen molar-refractivity contribution < 1.29 is 23.8 Å². The van der Waals surface area contributed by atoms with E-state index in [0.717, 1.165) is 16.8 Å². The van der Waals surface area contributed by atoms with Gasteiger partial charge in [0.15, 0.2) is 11.5 Å². The molecule has 0 unspecified atom stereocenters. The van der Waals surface area contributed by atoms with E-state index in [1.165, 1.54) is 0 Å². The molecule has 2 aliphatic heterocycles. The van der Waals surface area contributed by atoms with E-state index < -0.39 is 0 Å². The van der Waals surface area contributed by atoms with E-state index in [4.69, 9.17) is 14.2 Å². The highest BCUT2D eigenvalue weighted by atomic mass is 16.7. The van der Waals surface area contributed by atoms with Crippen LogP contribution in [0.1, 0.15) is 44.9 Å². The number of benzene rings is 3.